The summed E-state index contributed by atoms with van der Waals surface area (Å²) in [5.41, 5.74) is 6.87. The highest BCUT2D eigenvalue weighted by atomic mass is 16.5. The van der Waals surface area contributed by atoms with Crippen LogP contribution in [0.4, 0.5) is 0 Å². The van der Waals surface area contributed by atoms with Gasteiger partial charge in [0, 0.05) is 18.7 Å². The van der Waals surface area contributed by atoms with Gasteiger partial charge in [-0.1, -0.05) is 6.92 Å². The molecule has 5 heteroatoms. The number of hydrogen-bond donors (Lipinski definition) is 1. The summed E-state index contributed by atoms with van der Waals surface area (Å²) in [5.74, 6) is 2.16. The van der Waals surface area contributed by atoms with Crippen molar-refractivity contribution < 1.29 is 14.2 Å². The van der Waals surface area contributed by atoms with Crippen LogP contribution in [0.3, 0.4) is 0 Å². The van der Waals surface area contributed by atoms with Crippen LogP contribution in [0.15, 0.2) is 12.1 Å². The van der Waals surface area contributed by atoms with Gasteiger partial charge in [-0.2, -0.15) is 0 Å². The maximum absolute atomic E-state index is 5.91. The molecule has 5 nitrogen and oxygen atoms in total. The first kappa shape index (κ1) is 15.6. The fourth-order valence-corrected chi connectivity index (χ4v) is 2.10. The summed E-state index contributed by atoms with van der Waals surface area (Å²) in [6.07, 6.45) is 0. The molecule has 0 amide bonds. The van der Waals surface area contributed by atoms with Crippen molar-refractivity contribution in [1.29, 1.82) is 0 Å². The minimum absolute atomic E-state index is 0.0424. The molecule has 1 atom stereocenters. The van der Waals surface area contributed by atoms with Crippen LogP contribution in [0.1, 0.15) is 18.5 Å². The quantitative estimate of drug-likeness (QED) is 0.815. The van der Waals surface area contributed by atoms with Crippen molar-refractivity contribution in [2.45, 2.75) is 13.0 Å². The largest absolute Gasteiger partial charge is 0.496 e. The highest BCUT2D eigenvalue weighted by Crippen LogP contribution is 2.39. The molecule has 2 N–H and O–H groups in total. The molecule has 0 saturated carbocycles. The monoisotopic (exact) mass is 268 g/mol. The van der Waals surface area contributed by atoms with Gasteiger partial charge >= 0.3 is 0 Å². The Morgan fingerprint density at radius 1 is 1.11 bits per heavy atom. The zero-order valence-corrected chi connectivity index (χ0v) is 12.4. The minimum Gasteiger partial charge on any atom is -0.496 e. The number of ether oxygens (including phenoxy) is 3. The third kappa shape index (κ3) is 3.30. The molecule has 0 fully saturated rings. The molecule has 0 heterocycles. The summed E-state index contributed by atoms with van der Waals surface area (Å²) < 4.78 is 16.2. The molecule has 0 spiro atoms. The molecular weight excluding hydrogens is 244 g/mol. The first-order valence-corrected chi connectivity index (χ1v) is 6.33. The van der Waals surface area contributed by atoms with Crippen LogP contribution in [-0.4, -0.2) is 46.4 Å². The molecule has 108 valence electrons. The first-order valence-electron chi connectivity index (χ1n) is 6.33. The minimum atomic E-state index is 0.0424. The van der Waals surface area contributed by atoms with E-state index in [-0.39, 0.29) is 6.04 Å². The number of hydrogen-bond acceptors (Lipinski definition) is 5. The lowest BCUT2D eigenvalue weighted by Gasteiger charge is -2.29. The molecule has 0 saturated heterocycles. The van der Waals surface area contributed by atoms with Crippen LogP contribution in [0.5, 0.6) is 17.2 Å². The predicted octanol–water partition coefficient (Wildman–Crippen LogP) is 1.66. The molecule has 0 aromatic heterocycles. The van der Waals surface area contributed by atoms with Crippen molar-refractivity contribution in [2.75, 3.05) is 41.5 Å². The highest BCUT2D eigenvalue weighted by molar-refractivity contribution is 5.52. The van der Waals surface area contributed by atoms with Gasteiger partial charge in [0.1, 0.15) is 17.2 Å². The van der Waals surface area contributed by atoms with Crippen LogP contribution in [-0.2, 0) is 0 Å². The second kappa shape index (κ2) is 7.21. The molecular formula is C14H24N2O3. The van der Waals surface area contributed by atoms with Crippen molar-refractivity contribution >= 4 is 0 Å². The molecule has 1 aromatic rings. The number of benzene rings is 1. The zero-order valence-electron chi connectivity index (χ0n) is 12.4. The molecule has 0 bridgehead atoms. The first-order chi connectivity index (χ1) is 9.12. The van der Waals surface area contributed by atoms with Gasteiger partial charge < -0.3 is 19.9 Å². The molecule has 1 unspecified atom stereocenters. The van der Waals surface area contributed by atoms with E-state index >= 15 is 0 Å². The average Bonchev–Trinajstić information content (AvgIpc) is 2.47. The van der Waals surface area contributed by atoms with E-state index in [1.54, 1.807) is 21.3 Å². The maximum Gasteiger partial charge on any atom is 0.131 e. The summed E-state index contributed by atoms with van der Waals surface area (Å²) in [7, 11) is 6.92. The summed E-state index contributed by atoms with van der Waals surface area (Å²) in [6.45, 7) is 3.47. The summed E-state index contributed by atoms with van der Waals surface area (Å²) >= 11 is 0. The van der Waals surface area contributed by atoms with Crippen molar-refractivity contribution in [2.24, 2.45) is 5.73 Å². The number of rotatable bonds is 7. The van der Waals surface area contributed by atoms with E-state index < -0.39 is 0 Å². The van der Waals surface area contributed by atoms with Crippen LogP contribution >= 0.6 is 0 Å². The van der Waals surface area contributed by atoms with Crippen LogP contribution < -0.4 is 19.9 Å². The Morgan fingerprint density at radius 2 is 1.63 bits per heavy atom. The molecule has 0 radical (unpaired) electrons. The third-order valence-electron chi connectivity index (χ3n) is 3.34. The molecule has 19 heavy (non-hydrogen) atoms. The molecule has 0 aliphatic carbocycles. The second-order valence-corrected chi connectivity index (χ2v) is 4.27. The lowest BCUT2D eigenvalue weighted by molar-refractivity contribution is 0.248. The Bertz CT molecular complexity index is 385. The van der Waals surface area contributed by atoms with Crippen LogP contribution in [0.25, 0.3) is 0 Å². The summed E-state index contributed by atoms with van der Waals surface area (Å²) in [5, 5.41) is 0. The van der Waals surface area contributed by atoms with E-state index in [0.29, 0.717) is 12.3 Å². The lowest BCUT2D eigenvalue weighted by atomic mass is 10.0. The van der Waals surface area contributed by atoms with Gasteiger partial charge in [0.15, 0.2) is 0 Å². The SMILES string of the molecule is CCN(C)C(CN)c1c(OC)cc(OC)cc1OC. The van der Waals surface area contributed by atoms with Gasteiger partial charge in [-0.25, -0.2) is 0 Å². The lowest BCUT2D eigenvalue weighted by Crippen LogP contribution is -2.31. The van der Waals surface area contributed by atoms with Crippen molar-refractivity contribution in [1.82, 2.24) is 4.90 Å². The Hall–Kier alpha value is -1.46. The molecule has 0 aliphatic rings. The summed E-state index contributed by atoms with van der Waals surface area (Å²) in [4.78, 5) is 2.16. The van der Waals surface area contributed by atoms with Crippen LogP contribution in [0.2, 0.25) is 0 Å². The zero-order chi connectivity index (χ0) is 14.4. The second-order valence-electron chi connectivity index (χ2n) is 4.27. The van der Waals surface area contributed by atoms with Gasteiger partial charge in [0.05, 0.1) is 32.9 Å². The van der Waals surface area contributed by atoms with E-state index in [4.69, 9.17) is 19.9 Å². The number of likely N-dealkylation sites (N-methyl/N-ethyl adjacent to an activating group) is 1. The fourth-order valence-electron chi connectivity index (χ4n) is 2.10. The van der Waals surface area contributed by atoms with E-state index in [1.807, 2.05) is 19.2 Å². The van der Waals surface area contributed by atoms with Gasteiger partial charge in [0.25, 0.3) is 0 Å². The predicted molar refractivity (Wildman–Crippen MR) is 76.2 cm³/mol. The van der Waals surface area contributed by atoms with E-state index in [1.165, 1.54) is 0 Å². The standard InChI is InChI=1S/C14H24N2O3/c1-6-16(2)11(9-15)14-12(18-4)7-10(17-3)8-13(14)19-5/h7-8,11H,6,9,15H2,1-5H3. The number of nitrogens with zero attached hydrogens (tertiary/aromatic N) is 1. The Kier molecular flexibility index (Phi) is 5.92. The Balaban J connectivity index is 3.37. The number of methoxy groups -OCH3 is 3. The molecule has 0 aliphatic heterocycles. The van der Waals surface area contributed by atoms with Crippen molar-refractivity contribution in [3.8, 4) is 17.2 Å². The number of nitrogens with two attached hydrogens (primary N) is 1. The molecule has 1 aromatic carbocycles. The molecule has 1 rings (SSSR count). The van der Waals surface area contributed by atoms with E-state index in [2.05, 4.69) is 11.8 Å². The Labute approximate surface area is 115 Å². The smallest absolute Gasteiger partial charge is 0.131 e. The maximum atomic E-state index is 5.91. The fraction of sp³-hybridized carbons (Fsp3) is 0.571. The van der Waals surface area contributed by atoms with E-state index in [0.717, 1.165) is 23.6 Å². The normalized spacial score (nSPS) is 12.4. The third-order valence-corrected chi connectivity index (χ3v) is 3.34. The Morgan fingerprint density at radius 3 is 1.95 bits per heavy atom. The van der Waals surface area contributed by atoms with Gasteiger partial charge in [-0.3, -0.25) is 4.90 Å². The van der Waals surface area contributed by atoms with Crippen LogP contribution in [0, 0.1) is 0 Å². The van der Waals surface area contributed by atoms with Crippen molar-refractivity contribution in [3.63, 3.8) is 0 Å². The van der Waals surface area contributed by atoms with Crippen molar-refractivity contribution in [3.05, 3.63) is 17.7 Å². The van der Waals surface area contributed by atoms with Gasteiger partial charge in [0.2, 0.25) is 0 Å². The van der Waals surface area contributed by atoms with Gasteiger partial charge in [-0.05, 0) is 13.6 Å². The average molecular weight is 268 g/mol. The highest BCUT2D eigenvalue weighted by Gasteiger charge is 2.24. The summed E-state index contributed by atoms with van der Waals surface area (Å²) in [6, 6.07) is 3.74. The topological polar surface area (TPSA) is 57.0 Å². The van der Waals surface area contributed by atoms with Gasteiger partial charge in [-0.15, -0.1) is 0 Å². The van der Waals surface area contributed by atoms with E-state index in [9.17, 15) is 0 Å².